The highest BCUT2D eigenvalue weighted by atomic mass is 16.2. The van der Waals surface area contributed by atoms with E-state index >= 15 is 0 Å². The maximum Gasteiger partial charge on any atom is 0.376 e. The van der Waals surface area contributed by atoms with Crippen molar-refractivity contribution in [3.63, 3.8) is 0 Å². The lowest BCUT2D eigenvalue weighted by atomic mass is 9.65. The van der Waals surface area contributed by atoms with Gasteiger partial charge in [-0.2, -0.15) is 0 Å². The molecule has 1 aromatic rings. The summed E-state index contributed by atoms with van der Waals surface area (Å²) in [5, 5.41) is 9.73. The molecule has 94 valence electrons. The number of fused-ring (bicyclic) bond motifs is 2. The highest BCUT2D eigenvalue weighted by Gasteiger charge is 2.43. The van der Waals surface area contributed by atoms with Crippen molar-refractivity contribution >= 4 is 13.1 Å². The zero-order valence-electron chi connectivity index (χ0n) is 11.1. The van der Waals surface area contributed by atoms with Crippen molar-refractivity contribution < 1.29 is 5.02 Å². The molecule has 1 saturated heterocycles. The summed E-state index contributed by atoms with van der Waals surface area (Å²) < 4.78 is 0. The van der Waals surface area contributed by atoms with E-state index < -0.39 is 0 Å². The standard InChI is InChI=1S/C15H20BNO/c1-12-11-17(16(2)18)10-9-15(12)8-7-13-5-3-4-6-14(13)15/h3-8,12,18H,9-11H2,1-2H3/t12-,15-/m0/s1. The van der Waals surface area contributed by atoms with Crippen LogP contribution in [0.3, 0.4) is 0 Å². The monoisotopic (exact) mass is 241 g/mol. The summed E-state index contributed by atoms with van der Waals surface area (Å²) in [6.45, 7) is 6.11. The zero-order valence-corrected chi connectivity index (χ0v) is 11.1. The van der Waals surface area contributed by atoms with E-state index in [2.05, 4.69) is 48.2 Å². The molecule has 1 N–H and O–H groups in total. The predicted octanol–water partition coefficient (Wildman–Crippen LogP) is 2.40. The molecule has 1 aliphatic heterocycles. The van der Waals surface area contributed by atoms with E-state index in [0.717, 1.165) is 19.5 Å². The highest BCUT2D eigenvalue weighted by Crippen LogP contribution is 2.46. The Morgan fingerprint density at radius 3 is 2.89 bits per heavy atom. The lowest BCUT2D eigenvalue weighted by Gasteiger charge is -2.45. The highest BCUT2D eigenvalue weighted by molar-refractivity contribution is 6.45. The molecule has 0 radical (unpaired) electrons. The molecule has 3 heteroatoms. The van der Waals surface area contributed by atoms with Gasteiger partial charge in [0.1, 0.15) is 0 Å². The van der Waals surface area contributed by atoms with E-state index in [4.69, 9.17) is 0 Å². The van der Waals surface area contributed by atoms with E-state index in [0.29, 0.717) is 5.92 Å². The third-order valence-corrected chi connectivity index (χ3v) is 4.75. The average molecular weight is 241 g/mol. The Hall–Kier alpha value is -1.06. The van der Waals surface area contributed by atoms with Crippen molar-refractivity contribution in [1.82, 2.24) is 4.81 Å². The largest absolute Gasteiger partial charge is 0.437 e. The van der Waals surface area contributed by atoms with Gasteiger partial charge < -0.3 is 9.83 Å². The Morgan fingerprint density at radius 2 is 2.17 bits per heavy atom. The van der Waals surface area contributed by atoms with E-state index in [9.17, 15) is 5.02 Å². The second-order valence-corrected chi connectivity index (χ2v) is 5.74. The number of benzene rings is 1. The van der Waals surface area contributed by atoms with Crippen LogP contribution in [0.25, 0.3) is 6.08 Å². The Morgan fingerprint density at radius 1 is 1.39 bits per heavy atom. The van der Waals surface area contributed by atoms with Crippen LogP contribution in [0, 0.1) is 5.92 Å². The van der Waals surface area contributed by atoms with Gasteiger partial charge >= 0.3 is 7.05 Å². The van der Waals surface area contributed by atoms with Gasteiger partial charge in [0, 0.05) is 5.41 Å². The molecule has 1 heterocycles. The number of piperidine rings is 1. The Labute approximate surface area is 109 Å². The predicted molar refractivity (Wildman–Crippen MR) is 76.3 cm³/mol. The van der Waals surface area contributed by atoms with Crippen LogP contribution in [-0.4, -0.2) is 30.0 Å². The fourth-order valence-electron chi connectivity index (χ4n) is 3.56. The van der Waals surface area contributed by atoms with E-state index in [1.54, 1.807) is 0 Å². The first-order valence-corrected chi connectivity index (χ1v) is 6.84. The topological polar surface area (TPSA) is 23.5 Å². The smallest absolute Gasteiger partial charge is 0.376 e. The van der Waals surface area contributed by atoms with Crippen molar-refractivity contribution in [2.75, 3.05) is 13.1 Å². The van der Waals surface area contributed by atoms with Crippen LogP contribution >= 0.6 is 0 Å². The minimum Gasteiger partial charge on any atom is -0.437 e. The fourth-order valence-corrected chi connectivity index (χ4v) is 3.56. The minimum absolute atomic E-state index is 0.196. The van der Waals surface area contributed by atoms with Gasteiger partial charge in [-0.25, -0.2) is 0 Å². The second-order valence-electron chi connectivity index (χ2n) is 5.74. The van der Waals surface area contributed by atoms with Gasteiger partial charge in [0.2, 0.25) is 0 Å². The van der Waals surface area contributed by atoms with Crippen LogP contribution in [0.15, 0.2) is 30.3 Å². The van der Waals surface area contributed by atoms with Gasteiger partial charge in [0.25, 0.3) is 0 Å². The average Bonchev–Trinajstić information content (AvgIpc) is 2.73. The van der Waals surface area contributed by atoms with Crippen molar-refractivity contribution in [2.45, 2.75) is 25.6 Å². The molecule has 0 amide bonds. The Kier molecular flexibility index (Phi) is 2.83. The van der Waals surface area contributed by atoms with Gasteiger partial charge in [-0.1, -0.05) is 43.3 Å². The van der Waals surface area contributed by atoms with E-state index in [1.807, 2.05) is 6.82 Å². The van der Waals surface area contributed by atoms with Crippen molar-refractivity contribution in [3.8, 4) is 0 Å². The van der Waals surface area contributed by atoms with E-state index in [-0.39, 0.29) is 12.5 Å². The van der Waals surface area contributed by atoms with Crippen LogP contribution in [0.1, 0.15) is 24.5 Å². The molecule has 18 heavy (non-hydrogen) atoms. The van der Waals surface area contributed by atoms with Crippen LogP contribution in [0.4, 0.5) is 0 Å². The van der Waals surface area contributed by atoms with Gasteiger partial charge in [-0.3, -0.25) is 0 Å². The lowest BCUT2D eigenvalue weighted by molar-refractivity contribution is 0.182. The Balaban J connectivity index is 1.93. The van der Waals surface area contributed by atoms with Gasteiger partial charge in [0.05, 0.1) is 0 Å². The number of nitrogens with zero attached hydrogens (tertiary/aromatic N) is 1. The molecule has 2 aliphatic rings. The summed E-state index contributed by atoms with van der Waals surface area (Å²) in [5.74, 6) is 0.542. The van der Waals surface area contributed by atoms with E-state index in [1.165, 1.54) is 11.1 Å². The van der Waals surface area contributed by atoms with Crippen LogP contribution < -0.4 is 0 Å². The van der Waals surface area contributed by atoms with Gasteiger partial charge in [-0.05, 0) is 43.4 Å². The minimum atomic E-state index is -0.328. The maximum absolute atomic E-state index is 9.73. The number of hydrogen-bond donors (Lipinski definition) is 1. The first-order chi connectivity index (χ1) is 8.63. The molecule has 1 aromatic carbocycles. The quantitative estimate of drug-likeness (QED) is 0.763. The lowest BCUT2D eigenvalue weighted by Crippen LogP contribution is -2.51. The Bertz CT molecular complexity index is 485. The summed E-state index contributed by atoms with van der Waals surface area (Å²) in [7, 11) is -0.328. The SMILES string of the molecule is CB(O)N1CC[C@@]2(C=Cc3ccccc32)[C@@H](C)C1. The maximum atomic E-state index is 9.73. The van der Waals surface area contributed by atoms with Crippen molar-refractivity contribution in [2.24, 2.45) is 5.92 Å². The molecular formula is C15H20BNO. The summed E-state index contributed by atoms with van der Waals surface area (Å²) >= 11 is 0. The second kappa shape index (κ2) is 4.25. The van der Waals surface area contributed by atoms with Crippen LogP contribution in [-0.2, 0) is 5.41 Å². The van der Waals surface area contributed by atoms with Crippen molar-refractivity contribution in [3.05, 3.63) is 41.5 Å². The number of hydrogen-bond acceptors (Lipinski definition) is 2. The van der Waals surface area contributed by atoms with Gasteiger partial charge in [0.15, 0.2) is 0 Å². The first kappa shape index (κ1) is 12.0. The molecule has 2 nitrogen and oxygen atoms in total. The molecule has 3 rings (SSSR count). The summed E-state index contributed by atoms with van der Waals surface area (Å²) in [6, 6.07) is 8.72. The molecular weight excluding hydrogens is 221 g/mol. The molecule has 1 spiro atoms. The molecule has 1 aliphatic carbocycles. The third-order valence-electron chi connectivity index (χ3n) is 4.75. The molecule has 1 fully saturated rings. The molecule has 0 saturated carbocycles. The van der Waals surface area contributed by atoms with Crippen LogP contribution in [0.2, 0.25) is 6.82 Å². The summed E-state index contributed by atoms with van der Waals surface area (Å²) in [5.41, 5.74) is 3.04. The number of rotatable bonds is 1. The molecule has 2 atom stereocenters. The normalized spacial score (nSPS) is 30.7. The first-order valence-electron chi connectivity index (χ1n) is 6.84. The molecule has 0 bridgehead atoms. The fraction of sp³-hybridized carbons (Fsp3) is 0.467. The summed E-state index contributed by atoms with van der Waals surface area (Å²) in [6.07, 6.45) is 5.76. The number of allylic oxidation sites excluding steroid dienone is 1. The van der Waals surface area contributed by atoms with Crippen LogP contribution in [0.5, 0.6) is 0 Å². The van der Waals surface area contributed by atoms with Gasteiger partial charge in [-0.15, -0.1) is 0 Å². The molecule has 0 aromatic heterocycles. The molecule has 0 unspecified atom stereocenters. The third kappa shape index (κ3) is 1.65. The zero-order chi connectivity index (χ0) is 12.8. The van der Waals surface area contributed by atoms with Crippen molar-refractivity contribution in [1.29, 1.82) is 0 Å². The summed E-state index contributed by atoms with van der Waals surface area (Å²) in [4.78, 5) is 2.17.